The molecule has 1 aliphatic rings. The maximum Gasteiger partial charge on any atom is 0.243 e. The average Bonchev–Trinajstić information content (AvgIpc) is 2.45. The number of piperidine rings is 1. The van der Waals surface area contributed by atoms with Crippen LogP contribution < -0.4 is 5.32 Å². The molecule has 0 atom stereocenters. The molecule has 0 radical (unpaired) electrons. The average molecular weight is 300 g/mol. The quantitative estimate of drug-likeness (QED) is 0.902. The molecular weight excluding hydrogens is 279 g/mol. The van der Waals surface area contributed by atoms with Gasteiger partial charge in [0.2, 0.25) is 10.0 Å². The summed E-state index contributed by atoms with van der Waals surface area (Å²) in [7, 11) is -3.60. The number of nitrogens with zero attached hydrogens (tertiary/aromatic N) is 1. The largest absolute Gasteiger partial charge is 0.317 e. The van der Waals surface area contributed by atoms with Gasteiger partial charge >= 0.3 is 0 Å². The van der Waals surface area contributed by atoms with Gasteiger partial charge in [0, 0.05) is 13.1 Å². The van der Waals surface area contributed by atoms with Crippen molar-refractivity contribution in [2.75, 3.05) is 26.2 Å². The Bertz CT molecular complexity index is 542. The molecule has 1 aromatic rings. The van der Waals surface area contributed by atoms with Crippen LogP contribution in [0.3, 0.4) is 0 Å². The number of benzene rings is 1. The third-order valence-electron chi connectivity index (χ3n) is 3.71. The number of halogens is 1. The van der Waals surface area contributed by atoms with Crippen LogP contribution in [-0.4, -0.2) is 38.9 Å². The molecule has 1 fully saturated rings. The molecule has 0 aliphatic carbocycles. The molecule has 4 nitrogen and oxygen atoms in total. The van der Waals surface area contributed by atoms with Gasteiger partial charge in [-0.3, -0.25) is 0 Å². The van der Waals surface area contributed by atoms with Crippen molar-refractivity contribution in [1.29, 1.82) is 0 Å². The summed E-state index contributed by atoms with van der Waals surface area (Å²) in [5.74, 6) is -0.150. The molecule has 1 aliphatic heterocycles. The third kappa shape index (κ3) is 3.56. The van der Waals surface area contributed by atoms with E-state index >= 15 is 0 Å². The zero-order valence-corrected chi connectivity index (χ0v) is 12.5. The van der Waals surface area contributed by atoms with Crippen molar-refractivity contribution in [2.24, 2.45) is 5.92 Å². The van der Waals surface area contributed by atoms with Gasteiger partial charge < -0.3 is 5.32 Å². The summed E-state index contributed by atoms with van der Waals surface area (Å²) in [5, 5.41) is 3.27. The van der Waals surface area contributed by atoms with Gasteiger partial charge in [-0.2, -0.15) is 4.31 Å². The van der Waals surface area contributed by atoms with E-state index in [1.165, 1.54) is 22.5 Å². The molecule has 1 heterocycles. The van der Waals surface area contributed by atoms with Crippen LogP contribution in [-0.2, 0) is 10.0 Å². The predicted octanol–water partition coefficient (Wildman–Crippen LogP) is 1.84. The fourth-order valence-corrected chi connectivity index (χ4v) is 4.08. The minimum Gasteiger partial charge on any atom is -0.317 e. The highest BCUT2D eigenvalue weighted by atomic mass is 32.2. The van der Waals surface area contributed by atoms with Crippen LogP contribution in [0.5, 0.6) is 0 Å². The van der Waals surface area contributed by atoms with Crippen LogP contribution in [0.1, 0.15) is 19.8 Å². The summed E-state index contributed by atoms with van der Waals surface area (Å²) in [6, 6.07) is 5.21. The summed E-state index contributed by atoms with van der Waals surface area (Å²) in [4.78, 5) is 0.0354. The van der Waals surface area contributed by atoms with Crippen molar-refractivity contribution in [3.05, 3.63) is 30.1 Å². The molecule has 0 unspecified atom stereocenters. The van der Waals surface area contributed by atoms with Gasteiger partial charge in [-0.15, -0.1) is 0 Å². The van der Waals surface area contributed by atoms with Crippen LogP contribution in [0.15, 0.2) is 29.2 Å². The zero-order valence-electron chi connectivity index (χ0n) is 11.7. The van der Waals surface area contributed by atoms with Crippen molar-refractivity contribution >= 4 is 10.0 Å². The van der Waals surface area contributed by atoms with Crippen LogP contribution >= 0.6 is 0 Å². The van der Waals surface area contributed by atoms with Crippen molar-refractivity contribution in [3.63, 3.8) is 0 Å². The van der Waals surface area contributed by atoms with Gasteiger partial charge in [-0.25, -0.2) is 12.8 Å². The third-order valence-corrected chi connectivity index (χ3v) is 5.64. The van der Waals surface area contributed by atoms with E-state index in [1.807, 2.05) is 6.92 Å². The second-order valence-corrected chi connectivity index (χ2v) is 7.04. The minimum absolute atomic E-state index is 0.0354. The fraction of sp³-hybridized carbons (Fsp3) is 0.571. The van der Waals surface area contributed by atoms with E-state index in [2.05, 4.69) is 5.32 Å². The molecule has 0 amide bonds. The Morgan fingerprint density at radius 2 is 2.05 bits per heavy atom. The Balaban J connectivity index is 2.16. The van der Waals surface area contributed by atoms with Crippen LogP contribution in [0, 0.1) is 11.7 Å². The summed E-state index contributed by atoms with van der Waals surface area (Å²) in [6.45, 7) is 4.60. The van der Waals surface area contributed by atoms with Crippen molar-refractivity contribution < 1.29 is 12.8 Å². The van der Waals surface area contributed by atoms with Gasteiger partial charge in [-0.1, -0.05) is 13.0 Å². The normalized spacial score (nSPS) is 17.6. The summed E-state index contributed by atoms with van der Waals surface area (Å²) in [6.07, 6.45) is 1.96. The van der Waals surface area contributed by atoms with E-state index in [4.69, 9.17) is 0 Å². The van der Waals surface area contributed by atoms with Gasteiger partial charge in [0.05, 0.1) is 4.90 Å². The first-order valence-electron chi connectivity index (χ1n) is 7.00. The predicted molar refractivity (Wildman–Crippen MR) is 76.4 cm³/mol. The topological polar surface area (TPSA) is 49.4 Å². The van der Waals surface area contributed by atoms with Gasteiger partial charge in [0.1, 0.15) is 5.82 Å². The van der Waals surface area contributed by atoms with E-state index in [0.717, 1.165) is 32.0 Å². The first-order valence-corrected chi connectivity index (χ1v) is 8.44. The number of hydrogen-bond donors (Lipinski definition) is 1. The number of nitrogens with one attached hydrogen (secondary N) is 1. The van der Waals surface area contributed by atoms with E-state index in [-0.39, 0.29) is 4.90 Å². The maximum absolute atomic E-state index is 13.2. The Labute approximate surface area is 120 Å². The lowest BCUT2D eigenvalue weighted by atomic mass is 9.98. The molecule has 2 rings (SSSR count). The highest BCUT2D eigenvalue weighted by Crippen LogP contribution is 2.20. The Hall–Kier alpha value is -0.980. The van der Waals surface area contributed by atoms with Crippen molar-refractivity contribution in [2.45, 2.75) is 24.7 Å². The lowest BCUT2D eigenvalue weighted by Crippen LogP contribution is -2.39. The SMILES string of the molecule is CCN(CC1CCNCC1)S(=O)(=O)c1cccc(F)c1. The Morgan fingerprint density at radius 1 is 1.35 bits per heavy atom. The Kier molecular flexibility index (Phi) is 5.12. The Morgan fingerprint density at radius 3 is 2.65 bits per heavy atom. The zero-order chi connectivity index (χ0) is 14.6. The first-order chi connectivity index (χ1) is 9.54. The lowest BCUT2D eigenvalue weighted by Gasteiger charge is -2.28. The van der Waals surface area contributed by atoms with E-state index in [9.17, 15) is 12.8 Å². The minimum atomic E-state index is -3.60. The number of sulfonamides is 1. The summed E-state index contributed by atoms with van der Waals surface area (Å²) >= 11 is 0. The van der Waals surface area contributed by atoms with E-state index in [1.54, 1.807) is 0 Å². The molecule has 112 valence electrons. The molecule has 1 N–H and O–H groups in total. The molecule has 1 saturated heterocycles. The van der Waals surface area contributed by atoms with Crippen LogP contribution in [0.4, 0.5) is 4.39 Å². The second-order valence-electron chi connectivity index (χ2n) is 5.11. The summed E-state index contributed by atoms with van der Waals surface area (Å²) in [5.41, 5.74) is 0. The maximum atomic E-state index is 13.2. The van der Waals surface area contributed by atoms with E-state index < -0.39 is 15.8 Å². The van der Waals surface area contributed by atoms with Crippen LogP contribution in [0.2, 0.25) is 0 Å². The highest BCUT2D eigenvalue weighted by molar-refractivity contribution is 7.89. The van der Waals surface area contributed by atoms with Crippen molar-refractivity contribution in [3.8, 4) is 0 Å². The first kappa shape index (κ1) is 15.4. The van der Waals surface area contributed by atoms with Gasteiger partial charge in [0.15, 0.2) is 0 Å². The van der Waals surface area contributed by atoms with Gasteiger partial charge in [-0.05, 0) is 50.0 Å². The summed E-state index contributed by atoms with van der Waals surface area (Å²) < 4.78 is 39.8. The molecule has 20 heavy (non-hydrogen) atoms. The second kappa shape index (κ2) is 6.65. The highest BCUT2D eigenvalue weighted by Gasteiger charge is 2.26. The number of rotatable bonds is 5. The lowest BCUT2D eigenvalue weighted by molar-refractivity contribution is 0.294. The molecule has 1 aromatic carbocycles. The molecular formula is C14H21FN2O2S. The molecule has 0 aromatic heterocycles. The van der Waals surface area contributed by atoms with Crippen LogP contribution in [0.25, 0.3) is 0 Å². The van der Waals surface area contributed by atoms with E-state index in [0.29, 0.717) is 19.0 Å². The standard InChI is InChI=1S/C14H21FN2O2S/c1-2-17(11-12-6-8-16-9-7-12)20(18,19)14-5-3-4-13(15)10-14/h3-5,10,12,16H,2,6-9,11H2,1H3. The molecule has 0 saturated carbocycles. The smallest absolute Gasteiger partial charge is 0.243 e. The monoisotopic (exact) mass is 300 g/mol. The molecule has 0 spiro atoms. The molecule has 0 bridgehead atoms. The number of hydrogen-bond acceptors (Lipinski definition) is 3. The fourth-order valence-electron chi connectivity index (χ4n) is 2.53. The van der Waals surface area contributed by atoms with Crippen molar-refractivity contribution in [1.82, 2.24) is 9.62 Å². The molecule has 6 heteroatoms. The van der Waals surface area contributed by atoms with Gasteiger partial charge in [0.25, 0.3) is 0 Å².